The van der Waals surface area contributed by atoms with Gasteiger partial charge in [0, 0.05) is 11.8 Å². The molecule has 0 spiro atoms. The number of aromatic nitrogens is 1. The van der Waals surface area contributed by atoms with Crippen molar-refractivity contribution in [3.63, 3.8) is 0 Å². The number of nitrogens with zero attached hydrogens (tertiary/aromatic N) is 1. The van der Waals surface area contributed by atoms with Crippen LogP contribution in [0.4, 0.5) is 0 Å². The topological polar surface area (TPSA) is 59.3 Å². The molecule has 0 amide bonds. The van der Waals surface area contributed by atoms with E-state index in [-0.39, 0.29) is 11.1 Å². The van der Waals surface area contributed by atoms with Crippen molar-refractivity contribution < 1.29 is 9.90 Å². The van der Waals surface area contributed by atoms with Crippen molar-refractivity contribution in [2.45, 2.75) is 13.5 Å². The molecule has 0 aliphatic rings. The van der Waals surface area contributed by atoms with E-state index in [2.05, 4.69) is 0 Å². The van der Waals surface area contributed by atoms with E-state index < -0.39 is 5.97 Å². The third-order valence-electron chi connectivity index (χ3n) is 2.74. The highest BCUT2D eigenvalue weighted by Crippen LogP contribution is 2.06. The number of rotatable bonds is 3. The highest BCUT2D eigenvalue weighted by atomic mass is 16.4. The zero-order valence-corrected chi connectivity index (χ0v) is 9.96. The van der Waals surface area contributed by atoms with Crippen LogP contribution in [0.15, 0.2) is 47.4 Å². The molecule has 0 saturated carbocycles. The van der Waals surface area contributed by atoms with E-state index in [0.717, 1.165) is 5.56 Å². The van der Waals surface area contributed by atoms with E-state index in [0.29, 0.717) is 12.1 Å². The lowest BCUT2D eigenvalue weighted by molar-refractivity contribution is 0.0696. The quantitative estimate of drug-likeness (QED) is 0.895. The Balaban J connectivity index is 2.34. The maximum absolute atomic E-state index is 11.8. The summed E-state index contributed by atoms with van der Waals surface area (Å²) in [5, 5.41) is 8.91. The summed E-state index contributed by atoms with van der Waals surface area (Å²) in [7, 11) is 0. The second-order valence-corrected chi connectivity index (χ2v) is 4.13. The van der Waals surface area contributed by atoms with Gasteiger partial charge in [-0.1, -0.05) is 18.2 Å². The number of hydrogen-bond acceptors (Lipinski definition) is 2. The number of carbonyl (C=O) groups is 1. The van der Waals surface area contributed by atoms with Gasteiger partial charge in [0.05, 0.1) is 12.1 Å². The molecule has 1 aromatic heterocycles. The number of hydrogen-bond donors (Lipinski definition) is 1. The molecule has 0 fully saturated rings. The molecule has 4 heteroatoms. The Morgan fingerprint density at radius 3 is 2.78 bits per heavy atom. The fourth-order valence-electron chi connectivity index (χ4n) is 1.78. The minimum absolute atomic E-state index is 0.0572. The van der Waals surface area contributed by atoms with Gasteiger partial charge in [0.25, 0.3) is 5.56 Å². The minimum atomic E-state index is -0.964. The second-order valence-electron chi connectivity index (χ2n) is 4.13. The zero-order valence-electron chi connectivity index (χ0n) is 9.96. The largest absolute Gasteiger partial charge is 0.478 e. The average molecular weight is 243 g/mol. The molecule has 0 unspecified atom stereocenters. The molecule has 0 bridgehead atoms. The molecule has 0 radical (unpaired) electrons. The summed E-state index contributed by atoms with van der Waals surface area (Å²) in [5.41, 5.74) is 1.64. The molecule has 1 N–H and O–H groups in total. The molecule has 2 rings (SSSR count). The molecular weight excluding hydrogens is 230 g/mol. The summed E-state index contributed by atoms with van der Waals surface area (Å²) in [5.74, 6) is -0.964. The van der Waals surface area contributed by atoms with Gasteiger partial charge in [-0.3, -0.25) is 4.79 Å². The van der Waals surface area contributed by atoms with Crippen LogP contribution in [0.1, 0.15) is 21.5 Å². The van der Waals surface area contributed by atoms with Gasteiger partial charge in [-0.05, 0) is 30.7 Å². The van der Waals surface area contributed by atoms with Gasteiger partial charge in [-0.25, -0.2) is 4.79 Å². The maximum Gasteiger partial charge on any atom is 0.335 e. The van der Waals surface area contributed by atoms with Gasteiger partial charge < -0.3 is 9.67 Å². The van der Waals surface area contributed by atoms with Crippen LogP contribution in [0.5, 0.6) is 0 Å². The Bertz CT molecular complexity index is 643. The predicted octanol–water partition coefficient (Wildman–Crippen LogP) is 1.90. The van der Waals surface area contributed by atoms with Crippen molar-refractivity contribution in [2.75, 3.05) is 0 Å². The summed E-state index contributed by atoms with van der Waals surface area (Å²) in [6.45, 7) is 2.13. The van der Waals surface area contributed by atoms with Crippen LogP contribution in [0.2, 0.25) is 0 Å². The maximum atomic E-state index is 11.8. The molecular formula is C14H13NO3. The lowest BCUT2D eigenvalue weighted by Gasteiger charge is -2.07. The summed E-state index contributed by atoms with van der Waals surface area (Å²) < 4.78 is 1.57. The standard InChI is InChI=1S/C14H13NO3/c1-10-4-3-7-15(13(10)16)9-11-5-2-6-12(8-11)14(17)18/h2-8H,9H2,1H3,(H,17,18). The van der Waals surface area contributed by atoms with Gasteiger partial charge in [0.15, 0.2) is 0 Å². The molecule has 92 valence electrons. The van der Waals surface area contributed by atoms with Crippen molar-refractivity contribution in [1.82, 2.24) is 4.57 Å². The lowest BCUT2D eigenvalue weighted by Crippen LogP contribution is -2.21. The summed E-state index contributed by atoms with van der Waals surface area (Å²) in [6, 6.07) is 10.2. The van der Waals surface area contributed by atoms with Crippen LogP contribution >= 0.6 is 0 Å². The average Bonchev–Trinajstić information content (AvgIpc) is 2.35. The monoisotopic (exact) mass is 243 g/mol. The fraction of sp³-hybridized carbons (Fsp3) is 0.143. The number of benzene rings is 1. The van der Waals surface area contributed by atoms with E-state index in [1.54, 1.807) is 48.0 Å². The first-order valence-corrected chi connectivity index (χ1v) is 5.56. The first kappa shape index (κ1) is 12.1. The van der Waals surface area contributed by atoms with E-state index in [1.807, 2.05) is 0 Å². The van der Waals surface area contributed by atoms with Gasteiger partial charge in [-0.2, -0.15) is 0 Å². The third kappa shape index (κ3) is 2.48. The van der Waals surface area contributed by atoms with Crippen LogP contribution in [0, 0.1) is 6.92 Å². The van der Waals surface area contributed by atoms with E-state index in [9.17, 15) is 9.59 Å². The molecule has 0 saturated heterocycles. The van der Waals surface area contributed by atoms with Crippen LogP contribution in [-0.4, -0.2) is 15.6 Å². The Morgan fingerprint density at radius 2 is 2.06 bits per heavy atom. The molecule has 0 aliphatic heterocycles. The van der Waals surface area contributed by atoms with Crippen LogP contribution in [-0.2, 0) is 6.54 Å². The van der Waals surface area contributed by atoms with Crippen LogP contribution in [0.3, 0.4) is 0 Å². The molecule has 0 atom stereocenters. The normalized spacial score (nSPS) is 10.3. The Labute approximate surface area is 104 Å². The van der Waals surface area contributed by atoms with E-state index >= 15 is 0 Å². The molecule has 18 heavy (non-hydrogen) atoms. The number of pyridine rings is 1. The number of carboxylic acid groups (broad SMARTS) is 1. The minimum Gasteiger partial charge on any atom is -0.478 e. The summed E-state index contributed by atoms with van der Waals surface area (Å²) in [4.78, 5) is 22.7. The smallest absolute Gasteiger partial charge is 0.335 e. The van der Waals surface area contributed by atoms with Crippen molar-refractivity contribution in [3.05, 3.63) is 69.6 Å². The molecule has 2 aromatic rings. The lowest BCUT2D eigenvalue weighted by atomic mass is 10.1. The Hall–Kier alpha value is -2.36. The first-order chi connectivity index (χ1) is 8.58. The molecule has 1 heterocycles. The number of carboxylic acids is 1. The third-order valence-corrected chi connectivity index (χ3v) is 2.74. The van der Waals surface area contributed by atoms with Gasteiger partial charge >= 0.3 is 5.97 Å². The zero-order chi connectivity index (χ0) is 13.1. The fourth-order valence-corrected chi connectivity index (χ4v) is 1.78. The first-order valence-electron chi connectivity index (χ1n) is 5.56. The van der Waals surface area contributed by atoms with Crippen molar-refractivity contribution in [1.29, 1.82) is 0 Å². The van der Waals surface area contributed by atoms with Crippen molar-refractivity contribution >= 4 is 5.97 Å². The van der Waals surface area contributed by atoms with Crippen LogP contribution in [0.25, 0.3) is 0 Å². The number of aryl methyl sites for hydroxylation is 1. The Kier molecular flexibility index (Phi) is 3.28. The van der Waals surface area contributed by atoms with E-state index in [4.69, 9.17) is 5.11 Å². The highest BCUT2D eigenvalue weighted by Gasteiger charge is 2.04. The van der Waals surface area contributed by atoms with Crippen molar-refractivity contribution in [2.24, 2.45) is 0 Å². The molecule has 1 aromatic carbocycles. The van der Waals surface area contributed by atoms with Gasteiger partial charge in [0.2, 0.25) is 0 Å². The number of aromatic carboxylic acids is 1. The van der Waals surface area contributed by atoms with E-state index in [1.165, 1.54) is 6.07 Å². The van der Waals surface area contributed by atoms with Gasteiger partial charge in [-0.15, -0.1) is 0 Å². The Morgan fingerprint density at radius 1 is 1.28 bits per heavy atom. The van der Waals surface area contributed by atoms with Gasteiger partial charge in [0.1, 0.15) is 0 Å². The van der Waals surface area contributed by atoms with Crippen LogP contribution < -0.4 is 5.56 Å². The predicted molar refractivity (Wildman–Crippen MR) is 67.9 cm³/mol. The summed E-state index contributed by atoms with van der Waals surface area (Å²) >= 11 is 0. The summed E-state index contributed by atoms with van der Waals surface area (Å²) in [6.07, 6.45) is 1.70. The molecule has 4 nitrogen and oxygen atoms in total. The SMILES string of the molecule is Cc1cccn(Cc2cccc(C(=O)O)c2)c1=O. The second kappa shape index (κ2) is 4.87. The molecule has 0 aliphatic carbocycles. The highest BCUT2D eigenvalue weighted by molar-refractivity contribution is 5.87. The van der Waals surface area contributed by atoms with Crippen molar-refractivity contribution in [3.8, 4) is 0 Å².